The molecule has 0 bridgehead atoms. The SMILES string of the molecule is [2H]CC(C)(C)OC(=O)N(C)[C@@H](Cc1ccc(I)cc1)C(=O)O. The number of hydrogen-bond donors (Lipinski definition) is 1. The normalized spacial score (nSPS) is 13.2. The third-order valence-corrected chi connectivity index (χ3v) is 3.47. The minimum atomic E-state index is -1.10. The average molecular weight is 406 g/mol. The summed E-state index contributed by atoms with van der Waals surface area (Å²) in [6.07, 6.45) is -0.547. The maximum atomic E-state index is 12.1. The lowest BCUT2D eigenvalue weighted by atomic mass is 10.1. The van der Waals surface area contributed by atoms with Gasteiger partial charge in [0.15, 0.2) is 0 Å². The monoisotopic (exact) mass is 406 g/mol. The van der Waals surface area contributed by atoms with Crippen LogP contribution in [-0.2, 0) is 16.0 Å². The highest BCUT2D eigenvalue weighted by Gasteiger charge is 2.30. The summed E-state index contributed by atoms with van der Waals surface area (Å²) in [5, 5.41) is 9.38. The molecule has 5 nitrogen and oxygen atoms in total. The summed E-state index contributed by atoms with van der Waals surface area (Å²) >= 11 is 2.17. The molecular formula is C15H20INO4. The van der Waals surface area contributed by atoms with Gasteiger partial charge in [-0.15, -0.1) is 0 Å². The third kappa shape index (κ3) is 5.91. The summed E-state index contributed by atoms with van der Waals surface area (Å²) in [6.45, 7) is 3.13. The molecule has 0 aromatic heterocycles. The molecule has 0 saturated carbocycles. The number of hydrogen-bond acceptors (Lipinski definition) is 3. The van der Waals surface area contributed by atoms with E-state index in [1.165, 1.54) is 7.05 Å². The van der Waals surface area contributed by atoms with Gasteiger partial charge in [0, 0.05) is 18.4 Å². The molecule has 0 radical (unpaired) electrons. The molecule has 1 atom stereocenters. The van der Waals surface area contributed by atoms with Crippen molar-refractivity contribution >= 4 is 34.7 Å². The Hall–Kier alpha value is -1.31. The van der Waals surface area contributed by atoms with Crippen LogP contribution in [0.15, 0.2) is 24.3 Å². The van der Waals surface area contributed by atoms with Crippen LogP contribution >= 0.6 is 22.6 Å². The number of aliphatic carboxylic acids is 1. The van der Waals surface area contributed by atoms with E-state index in [0.717, 1.165) is 14.0 Å². The summed E-state index contributed by atoms with van der Waals surface area (Å²) in [4.78, 5) is 24.6. The van der Waals surface area contributed by atoms with Gasteiger partial charge in [-0.05, 0) is 61.0 Å². The molecule has 1 N–H and O–H groups in total. The van der Waals surface area contributed by atoms with Crippen LogP contribution in [0.5, 0.6) is 0 Å². The van der Waals surface area contributed by atoms with Crippen LogP contribution in [0.2, 0.25) is 0 Å². The fourth-order valence-electron chi connectivity index (χ4n) is 1.67. The van der Waals surface area contributed by atoms with E-state index in [0.29, 0.717) is 0 Å². The first-order chi connectivity index (χ1) is 10.2. The van der Waals surface area contributed by atoms with Gasteiger partial charge in [0.1, 0.15) is 11.6 Å². The molecule has 0 saturated heterocycles. The maximum absolute atomic E-state index is 12.1. The van der Waals surface area contributed by atoms with E-state index in [1.807, 2.05) is 24.3 Å². The van der Waals surface area contributed by atoms with Gasteiger partial charge in [0.2, 0.25) is 0 Å². The van der Waals surface area contributed by atoms with Gasteiger partial charge in [-0.25, -0.2) is 9.59 Å². The van der Waals surface area contributed by atoms with E-state index in [-0.39, 0.29) is 13.3 Å². The van der Waals surface area contributed by atoms with E-state index in [2.05, 4.69) is 22.6 Å². The van der Waals surface area contributed by atoms with Crippen molar-refractivity contribution in [1.82, 2.24) is 4.90 Å². The molecule has 1 amide bonds. The number of ether oxygens (including phenoxy) is 1. The van der Waals surface area contributed by atoms with Crippen molar-refractivity contribution in [2.24, 2.45) is 0 Å². The van der Waals surface area contributed by atoms with Crippen LogP contribution in [0.3, 0.4) is 0 Å². The van der Waals surface area contributed by atoms with Crippen molar-refractivity contribution in [2.75, 3.05) is 7.05 Å². The number of carbonyl (C=O) groups is 2. The van der Waals surface area contributed by atoms with Gasteiger partial charge < -0.3 is 9.84 Å². The predicted octanol–water partition coefficient (Wildman–Crippen LogP) is 3.15. The fraction of sp³-hybridized carbons (Fsp3) is 0.467. The number of benzene rings is 1. The Morgan fingerprint density at radius 3 is 2.48 bits per heavy atom. The number of nitrogens with zero attached hydrogens (tertiary/aromatic N) is 1. The summed E-state index contributed by atoms with van der Waals surface area (Å²) in [5.74, 6) is -1.10. The van der Waals surface area contributed by atoms with Gasteiger partial charge >= 0.3 is 12.1 Å². The number of carboxylic acids is 1. The Morgan fingerprint density at radius 2 is 2.00 bits per heavy atom. The molecule has 1 aromatic rings. The first-order valence-corrected chi connectivity index (χ1v) is 7.46. The topological polar surface area (TPSA) is 66.8 Å². The molecule has 0 aliphatic rings. The molecule has 0 heterocycles. The first kappa shape index (κ1) is 16.1. The minimum absolute atomic E-state index is 0.0958. The number of rotatable bonds is 4. The van der Waals surface area contributed by atoms with E-state index in [1.54, 1.807) is 13.8 Å². The number of carbonyl (C=O) groups excluding carboxylic acids is 1. The fourth-order valence-corrected chi connectivity index (χ4v) is 2.03. The molecule has 6 heteroatoms. The Balaban J connectivity index is 2.83. The first-order valence-electron chi connectivity index (χ1n) is 7.09. The lowest BCUT2D eigenvalue weighted by Gasteiger charge is -2.28. The summed E-state index contributed by atoms with van der Waals surface area (Å²) in [7, 11) is 1.40. The largest absolute Gasteiger partial charge is 0.480 e. The van der Waals surface area contributed by atoms with Gasteiger partial charge in [0.25, 0.3) is 0 Å². The third-order valence-electron chi connectivity index (χ3n) is 2.75. The predicted molar refractivity (Wildman–Crippen MR) is 88.3 cm³/mol. The molecule has 21 heavy (non-hydrogen) atoms. The van der Waals surface area contributed by atoms with Crippen molar-refractivity contribution in [3.63, 3.8) is 0 Å². The van der Waals surface area contributed by atoms with Gasteiger partial charge in [-0.1, -0.05) is 12.1 Å². The van der Waals surface area contributed by atoms with Gasteiger partial charge in [-0.3, -0.25) is 4.90 Å². The zero-order chi connectivity index (χ0) is 16.9. The van der Waals surface area contributed by atoms with E-state index >= 15 is 0 Å². The quantitative estimate of drug-likeness (QED) is 0.781. The van der Waals surface area contributed by atoms with Crippen molar-refractivity contribution < 1.29 is 20.8 Å². The maximum Gasteiger partial charge on any atom is 0.410 e. The second kappa shape index (κ2) is 7.11. The highest BCUT2D eigenvalue weighted by molar-refractivity contribution is 14.1. The van der Waals surface area contributed by atoms with Crippen molar-refractivity contribution in [1.29, 1.82) is 0 Å². The van der Waals surface area contributed by atoms with Crippen LogP contribution in [0.1, 0.15) is 27.7 Å². The molecule has 0 unspecified atom stereocenters. The van der Waals surface area contributed by atoms with Crippen LogP contribution in [-0.4, -0.2) is 40.8 Å². The number of amides is 1. The molecule has 116 valence electrons. The number of likely N-dealkylation sites (N-methyl/N-ethyl adjacent to an activating group) is 1. The summed E-state index contributed by atoms with van der Waals surface area (Å²) in [6, 6.07) is 6.43. The molecule has 0 spiro atoms. The Bertz CT molecular complexity index is 533. The smallest absolute Gasteiger partial charge is 0.410 e. The Kier molecular flexibility index (Phi) is 5.44. The number of carboxylic acid groups (broad SMARTS) is 1. The lowest BCUT2D eigenvalue weighted by molar-refractivity contribution is -0.142. The van der Waals surface area contributed by atoms with Crippen LogP contribution in [0.4, 0.5) is 4.79 Å². The second-order valence-electron chi connectivity index (χ2n) is 5.42. The molecule has 0 aliphatic carbocycles. The molecule has 1 aromatic carbocycles. The highest BCUT2D eigenvalue weighted by atomic mass is 127. The zero-order valence-electron chi connectivity index (χ0n) is 13.3. The second-order valence-corrected chi connectivity index (χ2v) is 6.67. The Labute approximate surface area is 139 Å². The van der Waals surface area contributed by atoms with E-state index in [4.69, 9.17) is 6.11 Å². The summed E-state index contributed by atoms with van der Waals surface area (Å²) in [5.41, 5.74) is -0.121. The zero-order valence-corrected chi connectivity index (χ0v) is 14.5. The van der Waals surface area contributed by atoms with Crippen molar-refractivity contribution in [3.8, 4) is 0 Å². The van der Waals surface area contributed by atoms with Crippen LogP contribution in [0, 0.1) is 3.57 Å². The average Bonchev–Trinajstić information content (AvgIpc) is 2.45. The van der Waals surface area contributed by atoms with Crippen LogP contribution in [0.25, 0.3) is 0 Å². The Morgan fingerprint density at radius 1 is 1.43 bits per heavy atom. The van der Waals surface area contributed by atoms with E-state index in [9.17, 15) is 14.7 Å². The van der Waals surface area contributed by atoms with Crippen LogP contribution < -0.4 is 0 Å². The summed E-state index contributed by atoms with van der Waals surface area (Å²) < 4.78 is 13.5. The molecule has 0 aliphatic heterocycles. The van der Waals surface area contributed by atoms with Gasteiger partial charge in [-0.2, -0.15) is 0 Å². The standard InChI is InChI=1S/C15H20INO4/c1-15(2,3)21-14(20)17(4)12(13(18)19)9-10-5-7-11(16)8-6-10/h5-8,12H,9H2,1-4H3,(H,18,19)/t12-/m0/s1/i1D. The lowest BCUT2D eigenvalue weighted by Crippen LogP contribution is -2.46. The van der Waals surface area contributed by atoms with Crippen molar-refractivity contribution in [2.45, 2.75) is 38.8 Å². The van der Waals surface area contributed by atoms with E-state index < -0.39 is 23.7 Å². The molecule has 0 fully saturated rings. The minimum Gasteiger partial charge on any atom is -0.480 e. The highest BCUT2D eigenvalue weighted by Crippen LogP contribution is 2.15. The van der Waals surface area contributed by atoms with Crippen molar-refractivity contribution in [3.05, 3.63) is 33.4 Å². The van der Waals surface area contributed by atoms with Gasteiger partial charge in [0.05, 0.1) is 0 Å². The number of halogens is 1. The molecule has 1 rings (SSSR count). The molecular weight excluding hydrogens is 385 g/mol.